The molecule has 0 atom stereocenters. The van der Waals surface area contributed by atoms with Crippen LogP contribution >= 0.6 is 11.8 Å². The first kappa shape index (κ1) is 14.8. The Morgan fingerprint density at radius 1 is 1.08 bits per heavy atom. The van der Waals surface area contributed by atoms with Crippen LogP contribution in [-0.4, -0.2) is 24.5 Å². The van der Waals surface area contributed by atoms with Gasteiger partial charge in [-0.05, 0) is 24.3 Å². The number of rotatable bonds is 6. The molecule has 0 amide bonds. The molecule has 0 unspecified atom stereocenters. The predicted molar refractivity (Wildman–Crippen MR) is 91.0 cm³/mol. The Hall–Kier alpha value is -2.80. The van der Waals surface area contributed by atoms with E-state index in [0.717, 1.165) is 27.9 Å². The molecule has 7 heteroatoms. The van der Waals surface area contributed by atoms with Gasteiger partial charge in [-0.15, -0.1) is 10.2 Å². The number of benzene rings is 1. The summed E-state index contributed by atoms with van der Waals surface area (Å²) >= 11 is 1.63. The van der Waals surface area contributed by atoms with Crippen LogP contribution in [0.25, 0.3) is 5.69 Å². The summed E-state index contributed by atoms with van der Waals surface area (Å²) in [4.78, 5) is 0. The third-order valence-corrected chi connectivity index (χ3v) is 4.56. The van der Waals surface area contributed by atoms with Gasteiger partial charge in [-0.2, -0.15) is 5.10 Å². The van der Waals surface area contributed by atoms with E-state index in [1.807, 2.05) is 64.1 Å². The lowest BCUT2D eigenvalue weighted by molar-refractivity contribution is 0.484. The minimum Gasteiger partial charge on any atom is -0.467 e. The second kappa shape index (κ2) is 6.76. The average Bonchev–Trinajstić information content (AvgIpc) is 3.37. The Morgan fingerprint density at radius 2 is 2.00 bits per heavy atom. The smallest absolute Gasteiger partial charge is 0.191 e. The molecule has 24 heavy (non-hydrogen) atoms. The fourth-order valence-electron chi connectivity index (χ4n) is 2.34. The molecule has 0 saturated heterocycles. The van der Waals surface area contributed by atoms with Crippen LogP contribution in [0.3, 0.4) is 0 Å². The SMILES string of the molecule is c1ccc(-n2cc(CSc3nncn3Cc3ccco3)cn2)cc1. The molecule has 3 heterocycles. The summed E-state index contributed by atoms with van der Waals surface area (Å²) in [6.45, 7) is 0.631. The first-order valence-electron chi connectivity index (χ1n) is 7.50. The van der Waals surface area contributed by atoms with Gasteiger partial charge in [0.2, 0.25) is 0 Å². The zero-order chi connectivity index (χ0) is 16.2. The van der Waals surface area contributed by atoms with Crippen molar-refractivity contribution in [1.82, 2.24) is 24.5 Å². The van der Waals surface area contributed by atoms with Crippen molar-refractivity contribution in [1.29, 1.82) is 0 Å². The normalized spacial score (nSPS) is 11.0. The molecule has 0 radical (unpaired) electrons. The van der Waals surface area contributed by atoms with Crippen LogP contribution in [0.5, 0.6) is 0 Å². The predicted octanol–water partition coefficient (Wildman–Crippen LogP) is 3.40. The van der Waals surface area contributed by atoms with Crippen molar-refractivity contribution in [3.63, 3.8) is 0 Å². The number of thioether (sulfide) groups is 1. The fraction of sp³-hybridized carbons (Fsp3) is 0.118. The molecule has 0 aliphatic rings. The van der Waals surface area contributed by atoms with Gasteiger partial charge in [-0.1, -0.05) is 30.0 Å². The highest BCUT2D eigenvalue weighted by atomic mass is 32.2. The Balaban J connectivity index is 1.43. The molecule has 0 fully saturated rings. The third-order valence-electron chi connectivity index (χ3n) is 3.51. The minimum absolute atomic E-state index is 0.631. The average molecular weight is 337 g/mol. The molecule has 120 valence electrons. The highest BCUT2D eigenvalue weighted by Crippen LogP contribution is 2.21. The molecule has 4 rings (SSSR count). The van der Waals surface area contributed by atoms with Gasteiger partial charge in [0.25, 0.3) is 0 Å². The van der Waals surface area contributed by atoms with Gasteiger partial charge in [0.1, 0.15) is 12.1 Å². The van der Waals surface area contributed by atoms with Gasteiger partial charge in [0, 0.05) is 17.5 Å². The maximum absolute atomic E-state index is 5.38. The standard InChI is InChI=1S/C17H15N5OS/c1-2-5-15(6-3-1)22-10-14(9-19-22)12-24-17-20-18-13-21(17)11-16-7-4-8-23-16/h1-10,13H,11-12H2. The second-order valence-corrected chi connectivity index (χ2v) is 6.18. The lowest BCUT2D eigenvalue weighted by Gasteiger charge is -2.03. The van der Waals surface area contributed by atoms with E-state index in [9.17, 15) is 0 Å². The zero-order valence-corrected chi connectivity index (χ0v) is 13.6. The van der Waals surface area contributed by atoms with Gasteiger partial charge < -0.3 is 8.98 Å². The van der Waals surface area contributed by atoms with E-state index in [1.165, 1.54) is 0 Å². The maximum Gasteiger partial charge on any atom is 0.191 e. The molecule has 0 spiro atoms. The molecular weight excluding hydrogens is 322 g/mol. The van der Waals surface area contributed by atoms with Crippen molar-refractivity contribution in [3.05, 3.63) is 78.8 Å². The summed E-state index contributed by atoms with van der Waals surface area (Å²) in [5.41, 5.74) is 2.19. The van der Waals surface area contributed by atoms with Crippen LogP contribution in [0.4, 0.5) is 0 Å². The summed E-state index contributed by atoms with van der Waals surface area (Å²) in [7, 11) is 0. The van der Waals surface area contributed by atoms with Crippen molar-refractivity contribution in [2.75, 3.05) is 0 Å². The summed E-state index contributed by atoms with van der Waals surface area (Å²) in [5.74, 6) is 1.66. The molecule has 0 N–H and O–H groups in total. The van der Waals surface area contributed by atoms with Crippen molar-refractivity contribution in [2.45, 2.75) is 17.5 Å². The minimum atomic E-state index is 0.631. The lowest BCUT2D eigenvalue weighted by atomic mass is 10.3. The summed E-state index contributed by atoms with van der Waals surface area (Å²) in [6, 6.07) is 13.9. The lowest BCUT2D eigenvalue weighted by Crippen LogP contribution is -1.99. The van der Waals surface area contributed by atoms with E-state index in [0.29, 0.717) is 6.54 Å². The Morgan fingerprint density at radius 3 is 2.83 bits per heavy atom. The quantitative estimate of drug-likeness (QED) is 0.505. The van der Waals surface area contributed by atoms with Gasteiger partial charge >= 0.3 is 0 Å². The zero-order valence-electron chi connectivity index (χ0n) is 12.8. The Labute approximate surface area is 143 Å². The van der Waals surface area contributed by atoms with E-state index in [-0.39, 0.29) is 0 Å². The number of hydrogen-bond acceptors (Lipinski definition) is 5. The highest BCUT2D eigenvalue weighted by molar-refractivity contribution is 7.98. The summed E-state index contributed by atoms with van der Waals surface area (Å²) < 4.78 is 9.23. The molecular formula is C17H15N5OS. The van der Waals surface area contributed by atoms with E-state index >= 15 is 0 Å². The highest BCUT2D eigenvalue weighted by Gasteiger charge is 2.09. The largest absolute Gasteiger partial charge is 0.467 e. The Bertz CT molecular complexity index is 898. The Kier molecular flexibility index (Phi) is 4.16. The van der Waals surface area contributed by atoms with E-state index in [1.54, 1.807) is 24.4 Å². The van der Waals surface area contributed by atoms with Crippen LogP contribution < -0.4 is 0 Å². The van der Waals surface area contributed by atoms with Crippen molar-refractivity contribution in [3.8, 4) is 5.69 Å². The molecule has 3 aromatic heterocycles. The van der Waals surface area contributed by atoms with Crippen LogP contribution in [0.2, 0.25) is 0 Å². The van der Waals surface area contributed by atoms with Gasteiger partial charge in [-0.25, -0.2) is 4.68 Å². The first-order valence-corrected chi connectivity index (χ1v) is 8.49. The van der Waals surface area contributed by atoms with Crippen LogP contribution in [-0.2, 0) is 12.3 Å². The molecule has 4 aromatic rings. The van der Waals surface area contributed by atoms with Crippen LogP contribution in [0, 0.1) is 0 Å². The van der Waals surface area contributed by atoms with E-state index in [2.05, 4.69) is 15.3 Å². The number of para-hydroxylation sites is 1. The summed E-state index contributed by atoms with van der Waals surface area (Å²) in [5, 5.41) is 13.5. The molecule has 0 aliphatic heterocycles. The molecule has 0 bridgehead atoms. The summed E-state index contributed by atoms with van der Waals surface area (Å²) in [6.07, 6.45) is 7.31. The monoisotopic (exact) mass is 337 g/mol. The number of furan rings is 1. The number of nitrogens with zero attached hydrogens (tertiary/aromatic N) is 5. The molecule has 0 aliphatic carbocycles. The fourth-order valence-corrected chi connectivity index (χ4v) is 3.17. The molecule has 0 saturated carbocycles. The molecule has 1 aromatic carbocycles. The first-order chi connectivity index (χ1) is 11.9. The van der Waals surface area contributed by atoms with E-state index < -0.39 is 0 Å². The van der Waals surface area contributed by atoms with Gasteiger partial charge in [0.05, 0.1) is 24.7 Å². The van der Waals surface area contributed by atoms with Crippen LogP contribution in [0.1, 0.15) is 11.3 Å². The topological polar surface area (TPSA) is 61.7 Å². The second-order valence-electron chi connectivity index (χ2n) is 5.24. The van der Waals surface area contributed by atoms with Crippen LogP contribution in [0.15, 0.2) is 77.0 Å². The number of aromatic nitrogens is 5. The van der Waals surface area contributed by atoms with E-state index in [4.69, 9.17) is 4.42 Å². The van der Waals surface area contributed by atoms with Crippen molar-refractivity contribution in [2.24, 2.45) is 0 Å². The number of hydrogen-bond donors (Lipinski definition) is 0. The van der Waals surface area contributed by atoms with Gasteiger partial charge in [0.15, 0.2) is 5.16 Å². The van der Waals surface area contributed by atoms with Crippen molar-refractivity contribution >= 4 is 11.8 Å². The molecule has 6 nitrogen and oxygen atoms in total. The third kappa shape index (κ3) is 3.26. The maximum atomic E-state index is 5.38. The van der Waals surface area contributed by atoms with Gasteiger partial charge in [-0.3, -0.25) is 0 Å². The van der Waals surface area contributed by atoms with Crippen molar-refractivity contribution < 1.29 is 4.42 Å².